The predicted molar refractivity (Wildman–Crippen MR) is 75.7 cm³/mol. The number of anilines is 2. The van der Waals surface area contributed by atoms with E-state index in [1.165, 1.54) is 12.3 Å². The molecule has 0 bridgehead atoms. The summed E-state index contributed by atoms with van der Waals surface area (Å²) in [4.78, 5) is 8.90. The summed E-state index contributed by atoms with van der Waals surface area (Å²) in [5.74, 6) is 1.22. The van der Waals surface area contributed by atoms with Crippen LogP contribution in [0.25, 0.3) is 0 Å². The van der Waals surface area contributed by atoms with Crippen molar-refractivity contribution in [2.45, 2.75) is 0 Å². The highest BCUT2D eigenvalue weighted by atomic mass is 32.2. The Morgan fingerprint density at radius 2 is 2.12 bits per heavy atom. The van der Waals surface area contributed by atoms with Crippen molar-refractivity contribution in [3.8, 4) is 0 Å². The first-order valence-corrected chi connectivity index (χ1v) is 7.36. The molecule has 17 heavy (non-hydrogen) atoms. The second-order valence-electron chi connectivity index (χ2n) is 4.26. The van der Waals surface area contributed by atoms with Gasteiger partial charge in [-0.15, -0.1) is 0 Å². The normalized spacial score (nSPS) is 17.4. The van der Waals surface area contributed by atoms with Crippen LogP contribution < -0.4 is 10.6 Å². The fraction of sp³-hybridized carbons (Fsp3) is 0.583. The van der Waals surface area contributed by atoms with Crippen molar-refractivity contribution in [3.63, 3.8) is 0 Å². The van der Waals surface area contributed by atoms with Crippen LogP contribution in [-0.4, -0.2) is 54.6 Å². The first-order valence-electron chi connectivity index (χ1n) is 5.97. The van der Waals surface area contributed by atoms with Gasteiger partial charge in [-0.25, -0.2) is 0 Å². The first kappa shape index (κ1) is 12.5. The van der Waals surface area contributed by atoms with Gasteiger partial charge in [0.1, 0.15) is 0 Å². The number of hydrogen-bond acceptors (Lipinski definition) is 5. The van der Waals surface area contributed by atoms with Gasteiger partial charge < -0.3 is 10.6 Å². The second-order valence-corrected chi connectivity index (χ2v) is 5.24. The third kappa shape index (κ3) is 3.26. The van der Waals surface area contributed by atoms with Crippen LogP contribution in [0.1, 0.15) is 0 Å². The zero-order valence-corrected chi connectivity index (χ0v) is 11.1. The minimum Gasteiger partial charge on any atom is -0.396 e. The highest BCUT2D eigenvalue weighted by Crippen LogP contribution is 2.22. The molecule has 0 radical (unpaired) electrons. The quantitative estimate of drug-likeness (QED) is 0.871. The maximum atomic E-state index is 5.95. The largest absolute Gasteiger partial charge is 0.396 e. The molecule has 1 aromatic rings. The van der Waals surface area contributed by atoms with E-state index in [9.17, 15) is 0 Å². The lowest BCUT2D eigenvalue weighted by atomic mass is 10.2. The van der Waals surface area contributed by atoms with Crippen molar-refractivity contribution in [1.82, 2.24) is 9.88 Å². The number of pyridine rings is 1. The van der Waals surface area contributed by atoms with Crippen LogP contribution in [-0.2, 0) is 0 Å². The van der Waals surface area contributed by atoms with Crippen molar-refractivity contribution in [2.75, 3.05) is 55.4 Å². The lowest BCUT2D eigenvalue weighted by molar-refractivity contribution is 0.273. The Kier molecular flexibility index (Phi) is 4.50. The fourth-order valence-corrected chi connectivity index (χ4v) is 2.56. The van der Waals surface area contributed by atoms with Gasteiger partial charge in [-0.2, -0.15) is 11.8 Å². The number of nitrogen functional groups attached to an aromatic ring is 1. The number of thioether (sulfide) groups is 1. The molecule has 0 aliphatic carbocycles. The van der Waals surface area contributed by atoms with Crippen LogP contribution in [0.4, 0.5) is 11.4 Å². The van der Waals surface area contributed by atoms with Crippen molar-refractivity contribution in [1.29, 1.82) is 0 Å². The average Bonchev–Trinajstić information content (AvgIpc) is 2.38. The van der Waals surface area contributed by atoms with Gasteiger partial charge in [0.25, 0.3) is 0 Å². The van der Waals surface area contributed by atoms with Crippen molar-refractivity contribution >= 4 is 23.1 Å². The maximum Gasteiger partial charge on any atom is 0.0738 e. The molecule has 1 aliphatic heterocycles. The Morgan fingerprint density at radius 1 is 1.35 bits per heavy atom. The average molecular weight is 252 g/mol. The molecule has 2 heterocycles. The Balaban J connectivity index is 1.89. The van der Waals surface area contributed by atoms with Gasteiger partial charge in [-0.3, -0.25) is 9.88 Å². The minimum atomic E-state index is 0.782. The molecule has 0 aromatic carbocycles. The zero-order valence-electron chi connectivity index (χ0n) is 10.3. The monoisotopic (exact) mass is 252 g/mol. The molecule has 0 saturated carbocycles. The Labute approximate surface area is 107 Å². The molecular formula is C12H20N4S. The molecule has 1 fully saturated rings. The molecule has 4 nitrogen and oxygen atoms in total. The van der Waals surface area contributed by atoms with Gasteiger partial charge in [0.15, 0.2) is 0 Å². The van der Waals surface area contributed by atoms with E-state index in [2.05, 4.69) is 21.0 Å². The molecule has 0 atom stereocenters. The first-order chi connectivity index (χ1) is 8.31. The third-order valence-electron chi connectivity index (χ3n) is 3.15. The Bertz CT molecular complexity index is 350. The SMILES string of the molecule is CSCCN1CCN(c2ccncc2N)CC1. The molecule has 2 N–H and O–H groups in total. The molecule has 0 unspecified atom stereocenters. The number of nitrogens with two attached hydrogens (primary N) is 1. The summed E-state index contributed by atoms with van der Waals surface area (Å²) < 4.78 is 0. The minimum absolute atomic E-state index is 0.782. The van der Waals surface area contributed by atoms with Crippen molar-refractivity contribution < 1.29 is 0 Å². The molecule has 1 aromatic heterocycles. The summed E-state index contributed by atoms with van der Waals surface area (Å²) in [6, 6.07) is 2.01. The van der Waals surface area contributed by atoms with Gasteiger partial charge in [0.05, 0.1) is 17.6 Å². The summed E-state index contributed by atoms with van der Waals surface area (Å²) in [6.45, 7) is 5.57. The van der Waals surface area contributed by atoms with E-state index in [-0.39, 0.29) is 0 Å². The van der Waals surface area contributed by atoms with E-state index in [4.69, 9.17) is 5.73 Å². The number of nitrogens with zero attached hydrogens (tertiary/aromatic N) is 3. The van der Waals surface area contributed by atoms with Gasteiger partial charge in [0, 0.05) is 44.7 Å². The summed E-state index contributed by atoms with van der Waals surface area (Å²) in [5.41, 5.74) is 7.86. The van der Waals surface area contributed by atoms with E-state index >= 15 is 0 Å². The van der Waals surface area contributed by atoms with Crippen LogP contribution in [0, 0.1) is 0 Å². The van der Waals surface area contributed by atoms with Crippen LogP contribution in [0.2, 0.25) is 0 Å². The zero-order chi connectivity index (χ0) is 12.1. The number of aromatic nitrogens is 1. The van der Waals surface area contributed by atoms with Gasteiger partial charge in [-0.1, -0.05) is 0 Å². The molecular weight excluding hydrogens is 232 g/mol. The summed E-state index contributed by atoms with van der Waals surface area (Å²) in [6.07, 6.45) is 5.70. The summed E-state index contributed by atoms with van der Waals surface area (Å²) in [5, 5.41) is 0. The molecule has 5 heteroatoms. The topological polar surface area (TPSA) is 45.4 Å². The highest BCUT2D eigenvalue weighted by Gasteiger charge is 2.17. The van der Waals surface area contributed by atoms with E-state index in [1.807, 2.05) is 24.0 Å². The van der Waals surface area contributed by atoms with Crippen molar-refractivity contribution in [3.05, 3.63) is 18.5 Å². The van der Waals surface area contributed by atoms with E-state index in [0.717, 1.165) is 37.6 Å². The van der Waals surface area contributed by atoms with Crippen LogP contribution in [0.15, 0.2) is 18.5 Å². The summed E-state index contributed by atoms with van der Waals surface area (Å²) in [7, 11) is 0. The number of hydrogen-bond donors (Lipinski definition) is 1. The molecule has 1 saturated heterocycles. The van der Waals surface area contributed by atoms with Gasteiger partial charge in [-0.05, 0) is 12.3 Å². The smallest absolute Gasteiger partial charge is 0.0738 e. The number of rotatable bonds is 4. The fourth-order valence-electron chi connectivity index (χ4n) is 2.12. The van der Waals surface area contributed by atoms with Gasteiger partial charge >= 0.3 is 0 Å². The third-order valence-corrected chi connectivity index (χ3v) is 3.74. The highest BCUT2D eigenvalue weighted by molar-refractivity contribution is 7.98. The van der Waals surface area contributed by atoms with Crippen molar-refractivity contribution in [2.24, 2.45) is 0 Å². The van der Waals surface area contributed by atoms with E-state index in [1.54, 1.807) is 6.20 Å². The number of piperazine rings is 1. The molecule has 0 amide bonds. The van der Waals surface area contributed by atoms with Gasteiger partial charge in [0.2, 0.25) is 0 Å². The second kappa shape index (κ2) is 6.12. The Morgan fingerprint density at radius 3 is 2.76 bits per heavy atom. The Hall–Kier alpha value is -0.940. The van der Waals surface area contributed by atoms with Crippen LogP contribution in [0.3, 0.4) is 0 Å². The summed E-state index contributed by atoms with van der Waals surface area (Å²) >= 11 is 1.91. The maximum absolute atomic E-state index is 5.95. The lowest BCUT2D eigenvalue weighted by Gasteiger charge is -2.36. The molecule has 1 aliphatic rings. The molecule has 0 spiro atoms. The van der Waals surface area contributed by atoms with Crippen LogP contribution in [0.5, 0.6) is 0 Å². The predicted octanol–water partition coefficient (Wildman–Crippen LogP) is 1.15. The van der Waals surface area contributed by atoms with Crippen LogP contribution >= 0.6 is 11.8 Å². The molecule has 94 valence electrons. The lowest BCUT2D eigenvalue weighted by Crippen LogP contribution is -2.47. The van der Waals surface area contributed by atoms with E-state index < -0.39 is 0 Å². The van der Waals surface area contributed by atoms with E-state index in [0.29, 0.717) is 0 Å². The molecule has 2 rings (SSSR count). The standard InChI is InChI=1S/C12H20N4S/c1-17-9-8-15-4-6-16(7-5-15)12-2-3-14-10-11(12)13/h2-3,10H,4-9,13H2,1H3.